The third kappa shape index (κ3) is 3.60. The second kappa shape index (κ2) is 6.24. The zero-order valence-electron chi connectivity index (χ0n) is 11.9. The minimum Gasteiger partial charge on any atom is -0.388 e. The van der Waals surface area contributed by atoms with Crippen LogP contribution in [0.4, 0.5) is 0 Å². The first-order valence-corrected chi connectivity index (χ1v) is 7.14. The van der Waals surface area contributed by atoms with Gasteiger partial charge in [0.15, 0.2) is 0 Å². The number of nitrogens with zero attached hydrogens (tertiary/aromatic N) is 2. The van der Waals surface area contributed by atoms with Crippen molar-refractivity contribution in [2.24, 2.45) is 0 Å². The van der Waals surface area contributed by atoms with Gasteiger partial charge in [-0.15, -0.1) is 0 Å². The molecule has 1 heterocycles. The fourth-order valence-corrected chi connectivity index (χ4v) is 2.66. The van der Waals surface area contributed by atoms with E-state index in [1.165, 1.54) is 5.56 Å². The molecule has 0 fully saturated rings. The van der Waals surface area contributed by atoms with E-state index in [9.17, 15) is 9.90 Å². The van der Waals surface area contributed by atoms with E-state index in [1.54, 1.807) is 19.0 Å². The van der Waals surface area contributed by atoms with Crippen molar-refractivity contribution in [2.75, 3.05) is 14.1 Å². The lowest BCUT2D eigenvalue weighted by molar-refractivity contribution is -0.128. The van der Waals surface area contributed by atoms with E-state index in [0.717, 1.165) is 44.2 Å². The number of fused-ring (bicyclic) bond motifs is 1. The lowest BCUT2D eigenvalue weighted by Crippen LogP contribution is -2.21. The zero-order chi connectivity index (χ0) is 13.8. The molecular weight excluding hydrogens is 240 g/mol. The van der Waals surface area contributed by atoms with Crippen LogP contribution < -0.4 is 0 Å². The van der Waals surface area contributed by atoms with Gasteiger partial charge in [-0.3, -0.25) is 4.79 Å². The summed E-state index contributed by atoms with van der Waals surface area (Å²) in [4.78, 5) is 13.1. The summed E-state index contributed by atoms with van der Waals surface area (Å²) in [6.45, 7) is 0.847. The number of hydrogen-bond acceptors (Lipinski definition) is 2. The first-order chi connectivity index (χ1) is 9.08. The van der Waals surface area contributed by atoms with Crippen LogP contribution in [-0.2, 0) is 17.8 Å². The third-order valence-corrected chi connectivity index (χ3v) is 3.84. The molecule has 1 N–H and O–H groups in total. The second-order valence-corrected chi connectivity index (χ2v) is 5.63. The molecule has 19 heavy (non-hydrogen) atoms. The second-order valence-electron chi connectivity index (χ2n) is 5.63. The molecule has 1 unspecified atom stereocenters. The maximum Gasteiger partial charge on any atom is 0.222 e. The molecule has 4 heteroatoms. The standard InChI is InChI=1S/C15H24N2O2/c1-16(2)15(19)8-5-9-17-10-12-6-3-4-7-14(18)13(12)11-17/h10-11,14,18H,3-9H2,1-2H3. The van der Waals surface area contributed by atoms with E-state index in [-0.39, 0.29) is 12.0 Å². The van der Waals surface area contributed by atoms with Crippen molar-refractivity contribution in [2.45, 2.75) is 51.2 Å². The molecule has 1 aromatic rings. The van der Waals surface area contributed by atoms with Crippen molar-refractivity contribution in [3.05, 3.63) is 23.5 Å². The number of rotatable bonds is 4. The number of carbonyl (C=O) groups excluding carboxylic acids is 1. The fraction of sp³-hybridized carbons (Fsp3) is 0.667. The Balaban J connectivity index is 1.92. The van der Waals surface area contributed by atoms with Crippen LogP contribution in [-0.4, -0.2) is 34.6 Å². The van der Waals surface area contributed by atoms with Gasteiger partial charge in [0, 0.05) is 45.0 Å². The van der Waals surface area contributed by atoms with Crippen molar-refractivity contribution in [3.63, 3.8) is 0 Å². The molecule has 1 aliphatic rings. The highest BCUT2D eigenvalue weighted by molar-refractivity contribution is 5.75. The van der Waals surface area contributed by atoms with Gasteiger partial charge >= 0.3 is 0 Å². The number of carbonyl (C=O) groups is 1. The molecule has 2 rings (SSSR count). The summed E-state index contributed by atoms with van der Waals surface area (Å²) >= 11 is 0. The summed E-state index contributed by atoms with van der Waals surface area (Å²) < 4.78 is 2.13. The molecule has 0 bridgehead atoms. The maximum absolute atomic E-state index is 11.5. The number of aryl methyl sites for hydroxylation is 2. The topological polar surface area (TPSA) is 45.5 Å². The molecule has 1 amide bonds. The van der Waals surface area contributed by atoms with Crippen molar-refractivity contribution < 1.29 is 9.90 Å². The fourth-order valence-electron chi connectivity index (χ4n) is 2.66. The molecule has 4 nitrogen and oxygen atoms in total. The molecule has 0 aliphatic heterocycles. The van der Waals surface area contributed by atoms with Crippen molar-refractivity contribution >= 4 is 5.91 Å². The third-order valence-electron chi connectivity index (χ3n) is 3.84. The SMILES string of the molecule is CN(C)C(=O)CCCn1cc2c(c1)C(O)CCCC2. The lowest BCUT2D eigenvalue weighted by Gasteiger charge is -2.10. The van der Waals surface area contributed by atoms with Crippen LogP contribution in [0.15, 0.2) is 12.4 Å². The molecule has 0 radical (unpaired) electrons. The van der Waals surface area contributed by atoms with Crippen LogP contribution >= 0.6 is 0 Å². The van der Waals surface area contributed by atoms with Crippen LogP contribution in [0.25, 0.3) is 0 Å². The Morgan fingerprint density at radius 3 is 2.95 bits per heavy atom. The average Bonchev–Trinajstić information content (AvgIpc) is 2.70. The quantitative estimate of drug-likeness (QED) is 0.847. The first-order valence-electron chi connectivity index (χ1n) is 7.14. The van der Waals surface area contributed by atoms with Gasteiger partial charge in [0.05, 0.1) is 6.10 Å². The summed E-state index contributed by atoms with van der Waals surface area (Å²) in [6, 6.07) is 0. The number of amides is 1. The first kappa shape index (κ1) is 14.1. The van der Waals surface area contributed by atoms with Gasteiger partial charge in [0.1, 0.15) is 0 Å². The Kier molecular flexibility index (Phi) is 4.64. The summed E-state index contributed by atoms with van der Waals surface area (Å²) in [6.07, 6.45) is 9.53. The summed E-state index contributed by atoms with van der Waals surface area (Å²) in [7, 11) is 3.58. The van der Waals surface area contributed by atoms with Crippen LogP contribution in [0.5, 0.6) is 0 Å². The largest absolute Gasteiger partial charge is 0.388 e. The highest BCUT2D eigenvalue weighted by Crippen LogP contribution is 2.29. The van der Waals surface area contributed by atoms with Gasteiger partial charge in [0.2, 0.25) is 5.91 Å². The highest BCUT2D eigenvalue weighted by atomic mass is 16.3. The minimum atomic E-state index is -0.304. The van der Waals surface area contributed by atoms with Gasteiger partial charge in [-0.05, 0) is 31.2 Å². The van der Waals surface area contributed by atoms with E-state index in [4.69, 9.17) is 0 Å². The van der Waals surface area contributed by atoms with Crippen LogP contribution in [0.3, 0.4) is 0 Å². The van der Waals surface area contributed by atoms with E-state index in [1.807, 2.05) is 0 Å². The van der Waals surface area contributed by atoms with Crippen molar-refractivity contribution in [3.8, 4) is 0 Å². The summed E-state index contributed by atoms with van der Waals surface area (Å²) in [5.74, 6) is 0.175. The van der Waals surface area contributed by atoms with Gasteiger partial charge in [-0.1, -0.05) is 6.42 Å². The van der Waals surface area contributed by atoms with Crippen LogP contribution in [0.2, 0.25) is 0 Å². The predicted molar refractivity (Wildman–Crippen MR) is 74.9 cm³/mol. The van der Waals surface area contributed by atoms with E-state index < -0.39 is 0 Å². The van der Waals surface area contributed by atoms with Gasteiger partial charge in [-0.25, -0.2) is 0 Å². The molecule has 0 spiro atoms. The predicted octanol–water partition coefficient (Wildman–Crippen LogP) is 2.12. The Bertz CT molecular complexity index is 437. The Labute approximate surface area is 115 Å². The normalized spacial score (nSPS) is 18.8. The van der Waals surface area contributed by atoms with Crippen molar-refractivity contribution in [1.82, 2.24) is 9.47 Å². The number of hydrogen-bond donors (Lipinski definition) is 1. The van der Waals surface area contributed by atoms with Gasteiger partial charge in [-0.2, -0.15) is 0 Å². The van der Waals surface area contributed by atoms with Crippen LogP contribution in [0, 0.1) is 0 Å². The summed E-state index contributed by atoms with van der Waals surface area (Å²) in [5, 5.41) is 10.1. The minimum absolute atomic E-state index is 0.175. The molecule has 0 saturated carbocycles. The van der Waals surface area contributed by atoms with Gasteiger partial charge in [0.25, 0.3) is 0 Å². The monoisotopic (exact) mass is 264 g/mol. The van der Waals surface area contributed by atoms with E-state index in [0.29, 0.717) is 6.42 Å². The molecule has 0 saturated heterocycles. The molecule has 1 atom stereocenters. The molecule has 1 aliphatic carbocycles. The number of aromatic nitrogens is 1. The molecule has 0 aromatic carbocycles. The van der Waals surface area contributed by atoms with E-state index >= 15 is 0 Å². The zero-order valence-corrected chi connectivity index (χ0v) is 11.9. The van der Waals surface area contributed by atoms with Crippen molar-refractivity contribution in [1.29, 1.82) is 0 Å². The maximum atomic E-state index is 11.5. The lowest BCUT2D eigenvalue weighted by atomic mass is 10.1. The number of aliphatic hydroxyl groups is 1. The van der Waals surface area contributed by atoms with E-state index in [2.05, 4.69) is 17.0 Å². The Hall–Kier alpha value is -1.29. The van der Waals surface area contributed by atoms with Gasteiger partial charge < -0.3 is 14.6 Å². The molecule has 1 aromatic heterocycles. The molecular formula is C15H24N2O2. The summed E-state index contributed by atoms with van der Waals surface area (Å²) in [5.41, 5.74) is 2.38. The number of aliphatic hydroxyl groups excluding tert-OH is 1. The molecule has 106 valence electrons. The Morgan fingerprint density at radius 1 is 1.42 bits per heavy atom. The Morgan fingerprint density at radius 2 is 2.21 bits per heavy atom. The van der Waals surface area contributed by atoms with Crippen LogP contribution in [0.1, 0.15) is 49.3 Å². The smallest absolute Gasteiger partial charge is 0.222 e. The average molecular weight is 264 g/mol. The highest BCUT2D eigenvalue weighted by Gasteiger charge is 2.18.